The molecule has 1 aliphatic heterocycles. The molecule has 0 saturated carbocycles. The Balaban J connectivity index is 1.52. The van der Waals surface area contributed by atoms with Gasteiger partial charge in [-0.25, -0.2) is 9.18 Å². The lowest BCUT2D eigenvalue weighted by molar-refractivity contribution is -0.150. The summed E-state index contributed by atoms with van der Waals surface area (Å²) in [5.41, 5.74) is 0.650. The number of fused-ring (bicyclic) bond motifs is 1. The Morgan fingerprint density at radius 1 is 1.12 bits per heavy atom. The molecule has 1 saturated heterocycles. The Labute approximate surface area is 184 Å². The lowest BCUT2D eigenvalue weighted by Crippen LogP contribution is -2.46. The Bertz CT molecular complexity index is 1220. The minimum absolute atomic E-state index is 0.0716. The number of hydrogen-bond acceptors (Lipinski definition) is 5. The topological polar surface area (TPSA) is 84.4 Å². The maximum absolute atomic E-state index is 13.4. The van der Waals surface area contributed by atoms with Gasteiger partial charge in [0.2, 0.25) is 0 Å². The van der Waals surface area contributed by atoms with Crippen LogP contribution in [0, 0.1) is 11.7 Å². The van der Waals surface area contributed by atoms with Crippen LogP contribution in [-0.2, 0) is 16.1 Å². The van der Waals surface area contributed by atoms with Crippen LogP contribution < -0.4 is 11.2 Å². The van der Waals surface area contributed by atoms with Gasteiger partial charge in [0.25, 0.3) is 5.56 Å². The molecule has 2 heterocycles. The molecule has 32 heavy (non-hydrogen) atoms. The Morgan fingerprint density at radius 2 is 1.88 bits per heavy atom. The van der Waals surface area contributed by atoms with Crippen LogP contribution in [0.1, 0.15) is 24.8 Å². The van der Waals surface area contributed by atoms with Gasteiger partial charge in [-0.2, -0.15) is 0 Å². The number of nitrogens with one attached hydrogen (secondary N) is 1. The van der Waals surface area contributed by atoms with Crippen LogP contribution in [0.3, 0.4) is 0 Å². The molecule has 7 nitrogen and oxygen atoms in total. The molecule has 2 atom stereocenters. The van der Waals surface area contributed by atoms with Gasteiger partial charge in [-0.15, -0.1) is 0 Å². The van der Waals surface area contributed by atoms with Crippen molar-refractivity contribution in [3.63, 3.8) is 0 Å². The number of H-pyrrole nitrogens is 1. The van der Waals surface area contributed by atoms with E-state index in [2.05, 4.69) is 9.88 Å². The van der Waals surface area contributed by atoms with Crippen LogP contribution in [0.25, 0.3) is 10.9 Å². The molecule has 3 aromatic rings. The summed E-state index contributed by atoms with van der Waals surface area (Å²) in [5, 5.41) is 0.464. The number of ether oxygens (including phenoxy) is 1. The van der Waals surface area contributed by atoms with Crippen LogP contribution in [0.2, 0.25) is 0 Å². The number of hydrogen-bond donors (Lipinski definition) is 1. The molecule has 168 valence electrons. The minimum atomic E-state index is -0.447. The molecule has 0 unspecified atom stereocenters. The second-order valence-electron chi connectivity index (χ2n) is 8.04. The quantitative estimate of drug-likeness (QED) is 0.597. The van der Waals surface area contributed by atoms with E-state index in [4.69, 9.17) is 4.74 Å². The summed E-state index contributed by atoms with van der Waals surface area (Å²) >= 11 is 0. The third-order valence-electron chi connectivity index (χ3n) is 6.11. The van der Waals surface area contributed by atoms with Gasteiger partial charge in [0, 0.05) is 19.6 Å². The molecule has 2 aromatic carbocycles. The van der Waals surface area contributed by atoms with Crippen LogP contribution in [0.5, 0.6) is 0 Å². The third-order valence-corrected chi connectivity index (χ3v) is 6.11. The van der Waals surface area contributed by atoms with Crippen molar-refractivity contribution in [1.82, 2.24) is 14.5 Å². The maximum atomic E-state index is 13.4. The minimum Gasteiger partial charge on any atom is -0.466 e. The summed E-state index contributed by atoms with van der Waals surface area (Å²) in [6.45, 7) is 3.86. The lowest BCUT2D eigenvalue weighted by atomic mass is 9.80. The molecule has 0 aliphatic carbocycles. The molecular weight excluding hydrogens is 413 g/mol. The largest absolute Gasteiger partial charge is 0.466 e. The predicted octanol–water partition coefficient (Wildman–Crippen LogP) is 2.50. The van der Waals surface area contributed by atoms with Crippen molar-refractivity contribution in [3.8, 4) is 0 Å². The van der Waals surface area contributed by atoms with Gasteiger partial charge >= 0.3 is 11.7 Å². The molecular formula is C24H26FN3O4. The summed E-state index contributed by atoms with van der Waals surface area (Å²) in [7, 11) is 0. The van der Waals surface area contributed by atoms with Gasteiger partial charge in [-0.3, -0.25) is 14.2 Å². The molecule has 4 rings (SSSR count). The van der Waals surface area contributed by atoms with Crippen molar-refractivity contribution in [2.45, 2.75) is 25.8 Å². The van der Waals surface area contributed by atoms with Gasteiger partial charge in [-0.05, 0) is 55.6 Å². The highest BCUT2D eigenvalue weighted by atomic mass is 19.1. The molecule has 0 radical (unpaired) electrons. The number of aromatic nitrogens is 2. The number of benzene rings is 2. The zero-order valence-electron chi connectivity index (χ0n) is 17.9. The highest BCUT2D eigenvalue weighted by molar-refractivity contribution is 5.77. The fourth-order valence-electron chi connectivity index (χ4n) is 4.46. The van der Waals surface area contributed by atoms with E-state index in [-0.39, 0.29) is 36.4 Å². The first-order chi connectivity index (χ1) is 15.5. The highest BCUT2D eigenvalue weighted by Gasteiger charge is 2.36. The van der Waals surface area contributed by atoms with Crippen molar-refractivity contribution < 1.29 is 13.9 Å². The van der Waals surface area contributed by atoms with Crippen LogP contribution in [0.4, 0.5) is 4.39 Å². The van der Waals surface area contributed by atoms with Gasteiger partial charge in [0.1, 0.15) is 5.82 Å². The van der Waals surface area contributed by atoms with Crippen molar-refractivity contribution in [2.75, 3.05) is 26.2 Å². The lowest BCUT2D eigenvalue weighted by Gasteiger charge is -2.37. The van der Waals surface area contributed by atoms with E-state index in [0.29, 0.717) is 37.0 Å². The maximum Gasteiger partial charge on any atom is 0.328 e. The zero-order valence-corrected chi connectivity index (χ0v) is 17.9. The number of likely N-dealkylation sites (tertiary alicyclic amines) is 1. The Kier molecular flexibility index (Phi) is 6.50. The highest BCUT2D eigenvalue weighted by Crippen LogP contribution is 2.34. The summed E-state index contributed by atoms with van der Waals surface area (Å²) in [5.74, 6) is -1.07. The predicted molar refractivity (Wildman–Crippen MR) is 119 cm³/mol. The number of carbonyl (C=O) groups is 1. The smallest absolute Gasteiger partial charge is 0.328 e. The van der Waals surface area contributed by atoms with E-state index in [1.165, 1.54) is 16.7 Å². The van der Waals surface area contributed by atoms with Crippen LogP contribution in [-0.4, -0.2) is 46.7 Å². The summed E-state index contributed by atoms with van der Waals surface area (Å²) in [4.78, 5) is 42.7. The number of halogens is 1. The van der Waals surface area contributed by atoms with Crippen molar-refractivity contribution in [1.29, 1.82) is 0 Å². The molecule has 1 N–H and O–H groups in total. The van der Waals surface area contributed by atoms with Gasteiger partial charge in [-0.1, -0.05) is 24.3 Å². The molecule has 1 aliphatic rings. The van der Waals surface area contributed by atoms with Crippen molar-refractivity contribution in [2.24, 2.45) is 5.92 Å². The van der Waals surface area contributed by atoms with E-state index in [0.717, 1.165) is 5.56 Å². The van der Waals surface area contributed by atoms with Gasteiger partial charge in [0.15, 0.2) is 0 Å². The first-order valence-corrected chi connectivity index (χ1v) is 10.8. The molecule has 0 spiro atoms. The monoisotopic (exact) mass is 439 g/mol. The molecule has 0 bridgehead atoms. The van der Waals surface area contributed by atoms with E-state index < -0.39 is 11.6 Å². The SMILES string of the molecule is CCOC(=O)[C@H]1CN(CCn2c(=O)[nH]c3ccccc3c2=O)CC[C@H]1c1ccc(F)cc1. The second-order valence-corrected chi connectivity index (χ2v) is 8.04. The molecule has 8 heteroatoms. The van der Waals surface area contributed by atoms with Gasteiger partial charge in [0.05, 0.1) is 23.4 Å². The first kappa shape index (κ1) is 22.0. The number of rotatable bonds is 6. The third kappa shape index (κ3) is 4.50. The van der Waals surface area contributed by atoms with Crippen LogP contribution >= 0.6 is 0 Å². The van der Waals surface area contributed by atoms with E-state index >= 15 is 0 Å². The fraction of sp³-hybridized carbons (Fsp3) is 0.375. The molecule has 0 amide bonds. The fourth-order valence-corrected chi connectivity index (χ4v) is 4.46. The number of carbonyl (C=O) groups excluding carboxylic acids is 1. The Hall–Kier alpha value is -3.26. The number of nitrogens with zero attached hydrogens (tertiary/aromatic N) is 2. The second kappa shape index (κ2) is 9.48. The average molecular weight is 439 g/mol. The number of aromatic amines is 1. The van der Waals surface area contributed by atoms with E-state index in [9.17, 15) is 18.8 Å². The van der Waals surface area contributed by atoms with Crippen molar-refractivity contribution in [3.05, 3.63) is 80.7 Å². The summed E-state index contributed by atoms with van der Waals surface area (Å²) in [6.07, 6.45) is 0.693. The summed E-state index contributed by atoms with van der Waals surface area (Å²) < 4.78 is 19.9. The van der Waals surface area contributed by atoms with E-state index in [1.54, 1.807) is 43.3 Å². The van der Waals surface area contributed by atoms with Gasteiger partial charge < -0.3 is 14.6 Å². The Morgan fingerprint density at radius 3 is 2.62 bits per heavy atom. The average Bonchev–Trinajstić information content (AvgIpc) is 2.79. The molecule has 1 aromatic heterocycles. The number of para-hydroxylation sites is 1. The van der Waals surface area contributed by atoms with Crippen LogP contribution in [0.15, 0.2) is 58.1 Å². The zero-order chi connectivity index (χ0) is 22.7. The normalized spacial score (nSPS) is 19.2. The van der Waals surface area contributed by atoms with Crippen molar-refractivity contribution >= 4 is 16.9 Å². The summed E-state index contributed by atoms with van der Waals surface area (Å²) in [6, 6.07) is 13.2. The number of esters is 1. The standard InChI is InChI=1S/C24H26FN3O4/c1-2-32-23(30)20-15-27(12-11-18(20)16-7-9-17(25)10-8-16)13-14-28-22(29)19-5-3-4-6-21(19)26-24(28)31/h3-10,18,20H,2,11-15H2,1H3,(H,26,31)/t18-,20-/m0/s1. The first-order valence-electron chi connectivity index (χ1n) is 10.8. The van der Waals surface area contributed by atoms with E-state index in [1.807, 2.05) is 0 Å². The molecule has 1 fully saturated rings. The number of piperidine rings is 1.